The fraction of sp³-hybridized carbons (Fsp3) is 0.276. The standard InChI is InChI=1S/C29H30N4O7/c1-18-24(28(34)38-4)26(21-11-8-12-22(15-21)33(36)37)25(19(2)31-18)29(35)40-23(27-30-13-14-39-27)17-32(3)16-20-9-6-5-7-10-20/h5-15,23,26,31H,16-17H2,1-4H3. The summed E-state index contributed by atoms with van der Waals surface area (Å²) in [5.74, 6) is -2.17. The minimum absolute atomic E-state index is 0.119. The summed E-state index contributed by atoms with van der Waals surface area (Å²) in [4.78, 5) is 44.0. The monoisotopic (exact) mass is 546 g/mol. The number of methoxy groups -OCH3 is 1. The third-order valence-electron chi connectivity index (χ3n) is 6.55. The van der Waals surface area contributed by atoms with Crippen molar-refractivity contribution in [2.24, 2.45) is 0 Å². The molecule has 208 valence electrons. The van der Waals surface area contributed by atoms with Crippen molar-refractivity contribution in [1.82, 2.24) is 15.2 Å². The first-order chi connectivity index (χ1) is 19.2. The lowest BCUT2D eigenvalue weighted by Gasteiger charge is -2.31. The Morgan fingerprint density at radius 1 is 1.10 bits per heavy atom. The molecule has 11 nitrogen and oxygen atoms in total. The van der Waals surface area contributed by atoms with Crippen LogP contribution < -0.4 is 5.32 Å². The number of non-ortho nitro benzene ring substituents is 1. The van der Waals surface area contributed by atoms with Gasteiger partial charge in [0.2, 0.25) is 5.89 Å². The Morgan fingerprint density at radius 3 is 2.42 bits per heavy atom. The van der Waals surface area contributed by atoms with Crippen LogP contribution in [-0.2, 0) is 25.6 Å². The molecule has 1 aromatic heterocycles. The molecule has 2 atom stereocenters. The summed E-state index contributed by atoms with van der Waals surface area (Å²) in [6, 6.07) is 15.6. The zero-order valence-corrected chi connectivity index (χ0v) is 22.6. The van der Waals surface area contributed by atoms with Crippen LogP contribution in [-0.4, -0.2) is 47.4 Å². The number of ether oxygens (including phenoxy) is 2. The summed E-state index contributed by atoms with van der Waals surface area (Å²) >= 11 is 0. The summed E-state index contributed by atoms with van der Waals surface area (Å²) in [5.41, 5.74) is 2.44. The van der Waals surface area contributed by atoms with Crippen LogP contribution in [0.15, 0.2) is 94.0 Å². The molecule has 0 fully saturated rings. The number of nitro groups is 1. The normalized spacial score (nSPS) is 16.0. The van der Waals surface area contributed by atoms with Gasteiger partial charge in [0.15, 0.2) is 6.10 Å². The lowest BCUT2D eigenvalue weighted by Crippen LogP contribution is -2.34. The summed E-state index contributed by atoms with van der Waals surface area (Å²) < 4.78 is 16.5. The SMILES string of the molecule is COC(=O)C1=C(C)NC(C)=C(C(=O)OC(CN(C)Cc2ccccc2)c2ncco2)C1c1cccc([N+](=O)[O-])c1. The van der Waals surface area contributed by atoms with Gasteiger partial charge in [-0.3, -0.25) is 15.0 Å². The molecule has 11 heteroatoms. The summed E-state index contributed by atoms with van der Waals surface area (Å²) in [7, 11) is 3.12. The number of hydrogen-bond acceptors (Lipinski definition) is 10. The van der Waals surface area contributed by atoms with Gasteiger partial charge in [-0.05, 0) is 32.0 Å². The van der Waals surface area contributed by atoms with Gasteiger partial charge < -0.3 is 19.2 Å². The van der Waals surface area contributed by atoms with Crippen molar-refractivity contribution in [3.63, 3.8) is 0 Å². The van der Waals surface area contributed by atoms with E-state index < -0.39 is 28.9 Å². The van der Waals surface area contributed by atoms with Gasteiger partial charge in [-0.15, -0.1) is 0 Å². The van der Waals surface area contributed by atoms with E-state index in [9.17, 15) is 19.7 Å². The molecule has 1 aliphatic heterocycles. The van der Waals surface area contributed by atoms with E-state index in [-0.39, 0.29) is 29.3 Å². The van der Waals surface area contributed by atoms with Gasteiger partial charge in [-0.2, -0.15) is 0 Å². The fourth-order valence-electron chi connectivity index (χ4n) is 4.79. The average Bonchev–Trinajstić information content (AvgIpc) is 3.47. The van der Waals surface area contributed by atoms with Crippen molar-refractivity contribution >= 4 is 17.6 Å². The quantitative estimate of drug-likeness (QED) is 0.221. The number of esters is 2. The Hall–Kier alpha value is -4.77. The molecule has 0 spiro atoms. The number of oxazole rings is 1. The lowest BCUT2D eigenvalue weighted by atomic mass is 9.80. The zero-order chi connectivity index (χ0) is 28.8. The number of nitrogens with one attached hydrogen (secondary N) is 1. The first-order valence-electron chi connectivity index (χ1n) is 12.5. The molecule has 0 aliphatic carbocycles. The number of nitro benzene ring substituents is 1. The maximum Gasteiger partial charge on any atom is 0.337 e. The predicted molar refractivity (Wildman–Crippen MR) is 145 cm³/mol. The first-order valence-corrected chi connectivity index (χ1v) is 12.5. The molecule has 0 radical (unpaired) electrons. The van der Waals surface area contributed by atoms with Crippen molar-refractivity contribution in [3.05, 3.63) is 117 Å². The Kier molecular flexibility index (Phi) is 8.75. The topological polar surface area (TPSA) is 137 Å². The number of carbonyl (C=O) groups excluding carboxylic acids is 2. The highest BCUT2D eigenvalue weighted by molar-refractivity contribution is 6.00. The van der Waals surface area contributed by atoms with E-state index in [0.717, 1.165) is 5.56 Å². The van der Waals surface area contributed by atoms with Gasteiger partial charge in [0.05, 0.1) is 35.3 Å². The molecular formula is C29H30N4O7. The van der Waals surface area contributed by atoms with Crippen molar-refractivity contribution in [3.8, 4) is 0 Å². The molecule has 3 aromatic rings. The number of likely N-dealkylation sites (N-methyl/N-ethyl adjacent to an activating group) is 1. The molecule has 1 N–H and O–H groups in total. The second-order valence-electron chi connectivity index (χ2n) is 9.43. The molecule has 0 amide bonds. The Bertz CT molecular complexity index is 1450. The van der Waals surface area contributed by atoms with Gasteiger partial charge in [0.1, 0.15) is 6.26 Å². The molecule has 4 rings (SSSR count). The van der Waals surface area contributed by atoms with Crippen LogP contribution in [0.2, 0.25) is 0 Å². The highest BCUT2D eigenvalue weighted by Crippen LogP contribution is 2.40. The fourth-order valence-corrected chi connectivity index (χ4v) is 4.79. The van der Waals surface area contributed by atoms with E-state index in [2.05, 4.69) is 10.3 Å². The van der Waals surface area contributed by atoms with Crippen molar-refractivity contribution < 1.29 is 28.4 Å². The first kappa shape index (κ1) is 28.2. The highest BCUT2D eigenvalue weighted by Gasteiger charge is 2.39. The van der Waals surface area contributed by atoms with E-state index in [4.69, 9.17) is 13.9 Å². The predicted octanol–water partition coefficient (Wildman–Crippen LogP) is 4.41. The molecule has 1 aliphatic rings. The van der Waals surface area contributed by atoms with Crippen LogP contribution in [0.25, 0.3) is 0 Å². The largest absolute Gasteiger partial charge is 0.466 e. The van der Waals surface area contributed by atoms with E-state index in [1.165, 1.54) is 37.8 Å². The molecular weight excluding hydrogens is 516 g/mol. The number of dihydropyridines is 1. The van der Waals surface area contributed by atoms with Crippen molar-refractivity contribution in [2.45, 2.75) is 32.4 Å². The molecule has 0 bridgehead atoms. The molecule has 2 unspecified atom stereocenters. The maximum atomic E-state index is 13.9. The average molecular weight is 547 g/mol. The Morgan fingerprint density at radius 2 is 1.80 bits per heavy atom. The van der Waals surface area contributed by atoms with Crippen LogP contribution in [0, 0.1) is 10.1 Å². The molecule has 0 saturated carbocycles. The van der Waals surface area contributed by atoms with Crippen LogP contribution in [0.3, 0.4) is 0 Å². The smallest absolute Gasteiger partial charge is 0.337 e. The van der Waals surface area contributed by atoms with Gasteiger partial charge in [0, 0.05) is 36.6 Å². The Balaban J connectivity index is 1.69. The van der Waals surface area contributed by atoms with Crippen molar-refractivity contribution in [2.75, 3.05) is 20.7 Å². The van der Waals surface area contributed by atoms with E-state index in [1.54, 1.807) is 19.9 Å². The second-order valence-corrected chi connectivity index (χ2v) is 9.43. The van der Waals surface area contributed by atoms with E-state index in [0.29, 0.717) is 23.5 Å². The van der Waals surface area contributed by atoms with Crippen LogP contribution in [0.5, 0.6) is 0 Å². The van der Waals surface area contributed by atoms with Gasteiger partial charge in [-0.1, -0.05) is 42.5 Å². The molecule has 40 heavy (non-hydrogen) atoms. The third-order valence-corrected chi connectivity index (χ3v) is 6.55. The minimum Gasteiger partial charge on any atom is -0.466 e. The van der Waals surface area contributed by atoms with Crippen LogP contribution >= 0.6 is 0 Å². The lowest BCUT2D eigenvalue weighted by molar-refractivity contribution is -0.384. The number of nitrogens with zero attached hydrogens (tertiary/aromatic N) is 3. The number of benzene rings is 2. The van der Waals surface area contributed by atoms with Gasteiger partial charge in [-0.25, -0.2) is 14.6 Å². The highest BCUT2D eigenvalue weighted by atomic mass is 16.6. The summed E-state index contributed by atoms with van der Waals surface area (Å²) in [5, 5.41) is 14.6. The van der Waals surface area contributed by atoms with Gasteiger partial charge in [0.25, 0.3) is 5.69 Å². The number of aromatic nitrogens is 1. The second kappa shape index (κ2) is 12.4. The zero-order valence-electron chi connectivity index (χ0n) is 22.6. The van der Waals surface area contributed by atoms with Crippen LogP contribution in [0.4, 0.5) is 5.69 Å². The van der Waals surface area contributed by atoms with Crippen LogP contribution in [0.1, 0.15) is 42.9 Å². The minimum atomic E-state index is -0.978. The molecule has 2 aromatic carbocycles. The Labute approximate surface area is 231 Å². The third kappa shape index (κ3) is 6.26. The van der Waals surface area contributed by atoms with Gasteiger partial charge >= 0.3 is 11.9 Å². The van der Waals surface area contributed by atoms with Crippen molar-refractivity contribution in [1.29, 1.82) is 0 Å². The summed E-state index contributed by atoms with van der Waals surface area (Å²) in [6.45, 7) is 4.21. The number of allylic oxidation sites excluding steroid dienone is 2. The maximum absolute atomic E-state index is 13.9. The number of rotatable bonds is 10. The number of carbonyl (C=O) groups is 2. The molecule has 2 heterocycles. The molecule has 0 saturated heterocycles. The number of hydrogen-bond donors (Lipinski definition) is 1. The summed E-state index contributed by atoms with van der Waals surface area (Å²) in [6.07, 6.45) is 1.98. The van der Waals surface area contributed by atoms with E-state index in [1.807, 2.05) is 42.3 Å². The van der Waals surface area contributed by atoms with E-state index >= 15 is 0 Å².